The number of hydrogen-bond donors (Lipinski definition) is 1. The van der Waals surface area contributed by atoms with Crippen LogP contribution < -0.4 is 5.32 Å². The summed E-state index contributed by atoms with van der Waals surface area (Å²) in [5.74, 6) is 1.89. The van der Waals surface area contributed by atoms with Crippen LogP contribution in [0.2, 0.25) is 0 Å². The standard InChI is InChI=1S/C23H19FN4O3/c1-3-11-25-22(30)16-6-4-5-15(12-16)21-26-23(31-27-21)18-13-19(29)28(2)20(18)14-7-9-17(24)10-8-14/h1,4-10,12,18,20H,11,13H2,2H3,(H,25,30). The second-order valence-electron chi connectivity index (χ2n) is 7.24. The summed E-state index contributed by atoms with van der Waals surface area (Å²) < 4.78 is 18.9. The summed E-state index contributed by atoms with van der Waals surface area (Å²) in [6, 6.07) is 12.4. The lowest BCUT2D eigenvalue weighted by Gasteiger charge is -2.23. The van der Waals surface area contributed by atoms with Gasteiger partial charge in [-0.25, -0.2) is 4.39 Å². The van der Waals surface area contributed by atoms with Gasteiger partial charge in [-0.3, -0.25) is 9.59 Å². The summed E-state index contributed by atoms with van der Waals surface area (Å²) in [4.78, 5) is 30.7. The monoisotopic (exact) mass is 418 g/mol. The first kappa shape index (κ1) is 20.3. The molecule has 4 rings (SSSR count). The number of hydrogen-bond acceptors (Lipinski definition) is 5. The molecule has 7 nitrogen and oxygen atoms in total. The molecule has 0 radical (unpaired) electrons. The van der Waals surface area contributed by atoms with E-state index in [0.717, 1.165) is 5.56 Å². The van der Waals surface area contributed by atoms with E-state index >= 15 is 0 Å². The van der Waals surface area contributed by atoms with Crippen LogP contribution in [0.15, 0.2) is 53.1 Å². The summed E-state index contributed by atoms with van der Waals surface area (Å²) in [7, 11) is 1.70. The highest BCUT2D eigenvalue weighted by Gasteiger charge is 2.42. The lowest BCUT2D eigenvalue weighted by Crippen LogP contribution is -2.24. The van der Waals surface area contributed by atoms with Gasteiger partial charge in [-0.05, 0) is 29.8 Å². The molecule has 2 heterocycles. The van der Waals surface area contributed by atoms with E-state index in [1.54, 1.807) is 48.3 Å². The highest BCUT2D eigenvalue weighted by Crippen LogP contribution is 2.43. The Morgan fingerprint density at radius 1 is 1.32 bits per heavy atom. The number of rotatable bonds is 5. The van der Waals surface area contributed by atoms with E-state index in [2.05, 4.69) is 21.4 Å². The van der Waals surface area contributed by atoms with Crippen molar-refractivity contribution in [3.63, 3.8) is 0 Å². The first-order valence-corrected chi connectivity index (χ1v) is 9.64. The fraction of sp³-hybridized carbons (Fsp3) is 0.217. The van der Waals surface area contributed by atoms with Gasteiger partial charge in [0, 0.05) is 24.6 Å². The molecule has 2 atom stereocenters. The molecule has 1 aliphatic heterocycles. The molecule has 2 unspecified atom stereocenters. The number of carbonyl (C=O) groups is 2. The second-order valence-corrected chi connectivity index (χ2v) is 7.24. The fourth-order valence-electron chi connectivity index (χ4n) is 3.74. The van der Waals surface area contributed by atoms with Crippen molar-refractivity contribution in [1.29, 1.82) is 0 Å². The maximum atomic E-state index is 13.4. The summed E-state index contributed by atoms with van der Waals surface area (Å²) in [6.07, 6.45) is 5.38. The molecule has 0 bridgehead atoms. The second kappa shape index (κ2) is 8.40. The van der Waals surface area contributed by atoms with E-state index in [0.29, 0.717) is 22.8 Å². The van der Waals surface area contributed by atoms with Gasteiger partial charge >= 0.3 is 0 Å². The maximum absolute atomic E-state index is 13.4. The van der Waals surface area contributed by atoms with Crippen molar-refractivity contribution < 1.29 is 18.5 Å². The van der Waals surface area contributed by atoms with Crippen LogP contribution in [0.4, 0.5) is 4.39 Å². The Balaban J connectivity index is 1.62. The largest absolute Gasteiger partial charge is 0.341 e. The molecule has 1 fully saturated rings. The summed E-state index contributed by atoms with van der Waals surface area (Å²) in [5.41, 5.74) is 1.80. The Morgan fingerprint density at radius 3 is 2.84 bits per heavy atom. The van der Waals surface area contributed by atoms with Crippen LogP contribution in [0.3, 0.4) is 0 Å². The zero-order chi connectivity index (χ0) is 22.0. The van der Waals surface area contributed by atoms with Gasteiger partial charge < -0.3 is 14.7 Å². The Labute approximate surface area is 178 Å². The van der Waals surface area contributed by atoms with E-state index in [1.807, 2.05) is 0 Å². The molecule has 0 aliphatic carbocycles. The average Bonchev–Trinajstić information content (AvgIpc) is 3.38. The summed E-state index contributed by atoms with van der Waals surface area (Å²) >= 11 is 0. The van der Waals surface area contributed by atoms with E-state index < -0.39 is 0 Å². The van der Waals surface area contributed by atoms with Gasteiger partial charge in [0.15, 0.2) is 0 Å². The molecule has 1 aromatic heterocycles. The summed E-state index contributed by atoms with van der Waals surface area (Å²) in [6.45, 7) is 0.128. The van der Waals surface area contributed by atoms with Crippen molar-refractivity contribution in [2.75, 3.05) is 13.6 Å². The van der Waals surface area contributed by atoms with Crippen LogP contribution in [0.25, 0.3) is 11.4 Å². The third-order valence-corrected chi connectivity index (χ3v) is 5.29. The minimum Gasteiger partial charge on any atom is -0.341 e. The molecule has 8 heteroatoms. The SMILES string of the molecule is C#CCNC(=O)c1cccc(-c2noc(C3CC(=O)N(C)C3c3ccc(F)cc3)n2)c1. The number of aromatic nitrogens is 2. The number of terminal acetylenes is 1. The highest BCUT2D eigenvalue weighted by atomic mass is 19.1. The van der Waals surface area contributed by atoms with E-state index in [9.17, 15) is 14.0 Å². The van der Waals surface area contributed by atoms with Crippen molar-refractivity contribution in [3.05, 3.63) is 71.4 Å². The number of carbonyl (C=O) groups excluding carboxylic acids is 2. The molecule has 1 aliphatic rings. The van der Waals surface area contributed by atoms with Crippen molar-refractivity contribution >= 4 is 11.8 Å². The van der Waals surface area contributed by atoms with Crippen molar-refractivity contribution in [2.24, 2.45) is 0 Å². The minimum absolute atomic E-state index is 0.0637. The molecule has 1 N–H and O–H groups in total. The van der Waals surface area contributed by atoms with E-state index in [1.165, 1.54) is 12.1 Å². The van der Waals surface area contributed by atoms with Crippen LogP contribution in [0.5, 0.6) is 0 Å². The fourth-order valence-corrected chi connectivity index (χ4v) is 3.74. The van der Waals surface area contributed by atoms with Gasteiger partial charge in [-0.15, -0.1) is 6.42 Å². The lowest BCUT2D eigenvalue weighted by molar-refractivity contribution is -0.127. The van der Waals surface area contributed by atoms with E-state index in [-0.39, 0.29) is 42.6 Å². The number of halogens is 1. The Hall–Kier alpha value is -3.99. The number of likely N-dealkylation sites (tertiary alicyclic amines) is 1. The summed E-state index contributed by atoms with van der Waals surface area (Å²) in [5, 5.41) is 6.65. The van der Waals surface area contributed by atoms with Gasteiger partial charge in [0.05, 0.1) is 18.5 Å². The quantitative estimate of drug-likeness (QED) is 0.644. The van der Waals surface area contributed by atoms with Gasteiger partial charge in [0.1, 0.15) is 5.82 Å². The lowest BCUT2D eigenvalue weighted by atomic mass is 9.93. The number of benzene rings is 2. The van der Waals surface area contributed by atoms with Gasteiger partial charge in [-0.2, -0.15) is 4.98 Å². The maximum Gasteiger partial charge on any atom is 0.252 e. The Morgan fingerprint density at radius 2 is 2.10 bits per heavy atom. The Kier molecular flexibility index (Phi) is 5.50. The normalized spacial score (nSPS) is 18.1. The van der Waals surface area contributed by atoms with Crippen LogP contribution in [-0.2, 0) is 4.79 Å². The van der Waals surface area contributed by atoms with Gasteiger partial charge in [0.2, 0.25) is 17.6 Å². The highest BCUT2D eigenvalue weighted by molar-refractivity contribution is 5.95. The first-order valence-electron chi connectivity index (χ1n) is 9.64. The van der Waals surface area contributed by atoms with Crippen molar-refractivity contribution in [3.8, 4) is 23.7 Å². The molecule has 156 valence electrons. The predicted octanol–water partition coefficient (Wildman–Crippen LogP) is 2.93. The van der Waals surface area contributed by atoms with Crippen LogP contribution in [0.1, 0.15) is 40.2 Å². The first-order chi connectivity index (χ1) is 15.0. The Bertz CT molecular complexity index is 1170. The van der Waals surface area contributed by atoms with Crippen LogP contribution in [-0.4, -0.2) is 40.4 Å². The number of amides is 2. The molecule has 1 saturated heterocycles. The molecule has 2 amide bonds. The van der Waals surface area contributed by atoms with Gasteiger partial charge in [-0.1, -0.05) is 35.3 Å². The van der Waals surface area contributed by atoms with Crippen molar-refractivity contribution in [1.82, 2.24) is 20.4 Å². The average molecular weight is 418 g/mol. The number of likely N-dealkylation sites (N-methyl/N-ethyl adjacent to an activating group) is 1. The molecule has 0 saturated carbocycles. The van der Waals surface area contributed by atoms with Crippen molar-refractivity contribution in [2.45, 2.75) is 18.4 Å². The van der Waals surface area contributed by atoms with Gasteiger partial charge in [0.25, 0.3) is 5.91 Å². The molecule has 2 aromatic carbocycles. The third kappa shape index (κ3) is 4.03. The molecular formula is C23H19FN4O3. The minimum atomic E-state index is -0.369. The number of nitrogens with one attached hydrogen (secondary N) is 1. The van der Waals surface area contributed by atoms with Crippen LogP contribution >= 0.6 is 0 Å². The predicted molar refractivity (Wildman–Crippen MR) is 110 cm³/mol. The van der Waals surface area contributed by atoms with Crippen LogP contribution in [0, 0.1) is 18.2 Å². The number of nitrogens with zero attached hydrogens (tertiary/aromatic N) is 3. The zero-order valence-corrected chi connectivity index (χ0v) is 16.7. The smallest absolute Gasteiger partial charge is 0.252 e. The molecule has 31 heavy (non-hydrogen) atoms. The topological polar surface area (TPSA) is 88.3 Å². The van der Waals surface area contributed by atoms with E-state index in [4.69, 9.17) is 10.9 Å². The molecule has 0 spiro atoms. The molecular weight excluding hydrogens is 399 g/mol. The molecule has 3 aromatic rings. The zero-order valence-electron chi connectivity index (χ0n) is 16.7. The third-order valence-electron chi connectivity index (χ3n) is 5.29.